The van der Waals surface area contributed by atoms with Crippen LogP contribution in [0.15, 0.2) is 48.2 Å². The molecule has 0 aromatic heterocycles. The molecule has 0 fully saturated rings. The van der Waals surface area contributed by atoms with Gasteiger partial charge in [-0.15, -0.1) is 0 Å². The van der Waals surface area contributed by atoms with E-state index >= 15 is 0 Å². The van der Waals surface area contributed by atoms with Crippen molar-refractivity contribution in [3.8, 4) is 11.5 Å². The van der Waals surface area contributed by atoms with Gasteiger partial charge in [-0.3, -0.25) is 14.5 Å². The minimum Gasteiger partial charge on any atom is -0.495 e. The third-order valence-electron chi connectivity index (χ3n) is 4.97. The van der Waals surface area contributed by atoms with Crippen molar-refractivity contribution in [1.29, 1.82) is 0 Å². The zero-order valence-electron chi connectivity index (χ0n) is 18.4. The van der Waals surface area contributed by atoms with Gasteiger partial charge in [0.1, 0.15) is 17.2 Å². The molecule has 2 aromatic rings. The Morgan fingerprint density at radius 1 is 1.00 bits per heavy atom. The molecule has 0 atom stereocenters. The summed E-state index contributed by atoms with van der Waals surface area (Å²) in [6.45, 7) is 5.15. The molecule has 31 heavy (non-hydrogen) atoms. The summed E-state index contributed by atoms with van der Waals surface area (Å²) >= 11 is 0. The summed E-state index contributed by atoms with van der Waals surface area (Å²) in [5, 5.41) is 3.17. The third kappa shape index (κ3) is 4.88. The summed E-state index contributed by atoms with van der Waals surface area (Å²) in [6.07, 6.45) is 0.561. The van der Waals surface area contributed by atoms with E-state index in [1.165, 1.54) is 4.90 Å². The zero-order valence-corrected chi connectivity index (χ0v) is 18.4. The van der Waals surface area contributed by atoms with Crippen LogP contribution in [0.1, 0.15) is 24.5 Å². The van der Waals surface area contributed by atoms with E-state index in [0.717, 1.165) is 5.56 Å². The molecular weight excluding hydrogens is 396 g/mol. The first kappa shape index (κ1) is 22.4. The van der Waals surface area contributed by atoms with E-state index in [4.69, 9.17) is 14.2 Å². The second-order valence-electron chi connectivity index (χ2n) is 7.14. The smallest absolute Gasteiger partial charge is 0.278 e. The van der Waals surface area contributed by atoms with Gasteiger partial charge in [-0.25, -0.2) is 0 Å². The number of rotatable bonds is 10. The van der Waals surface area contributed by atoms with Crippen molar-refractivity contribution in [1.82, 2.24) is 4.90 Å². The van der Waals surface area contributed by atoms with E-state index in [2.05, 4.69) is 5.32 Å². The molecule has 7 heteroatoms. The van der Waals surface area contributed by atoms with Crippen LogP contribution in [0.3, 0.4) is 0 Å². The van der Waals surface area contributed by atoms with E-state index in [-0.39, 0.29) is 24.1 Å². The van der Waals surface area contributed by atoms with Crippen molar-refractivity contribution >= 4 is 23.1 Å². The number of nitrogens with one attached hydrogen (secondary N) is 1. The van der Waals surface area contributed by atoms with Crippen molar-refractivity contribution in [2.45, 2.75) is 20.3 Å². The molecule has 0 spiro atoms. The fourth-order valence-electron chi connectivity index (χ4n) is 3.47. The van der Waals surface area contributed by atoms with Crippen LogP contribution in [-0.2, 0) is 14.3 Å². The fraction of sp³-hybridized carbons (Fsp3) is 0.333. The molecule has 2 aromatic carbocycles. The maximum Gasteiger partial charge on any atom is 0.278 e. The number of anilines is 1. The van der Waals surface area contributed by atoms with Crippen LogP contribution in [0.4, 0.5) is 5.69 Å². The molecule has 1 aliphatic rings. The van der Waals surface area contributed by atoms with E-state index in [1.54, 1.807) is 38.5 Å². The molecule has 1 aliphatic heterocycles. The Kier molecular flexibility index (Phi) is 7.31. The number of amides is 2. The first-order valence-corrected chi connectivity index (χ1v) is 10.2. The Labute approximate surface area is 182 Å². The Morgan fingerprint density at radius 2 is 1.74 bits per heavy atom. The number of imide groups is 1. The van der Waals surface area contributed by atoms with Gasteiger partial charge in [0.2, 0.25) is 0 Å². The first-order chi connectivity index (χ1) is 15.0. The number of hydrogen-bond acceptors (Lipinski definition) is 6. The summed E-state index contributed by atoms with van der Waals surface area (Å²) in [4.78, 5) is 27.7. The van der Waals surface area contributed by atoms with Crippen molar-refractivity contribution in [3.63, 3.8) is 0 Å². The predicted octanol–water partition coefficient (Wildman–Crippen LogP) is 3.63. The van der Waals surface area contributed by atoms with Crippen molar-refractivity contribution in [3.05, 3.63) is 59.3 Å². The van der Waals surface area contributed by atoms with Gasteiger partial charge in [0.25, 0.3) is 11.8 Å². The highest BCUT2D eigenvalue weighted by molar-refractivity contribution is 6.36. The average Bonchev–Trinajstić information content (AvgIpc) is 2.99. The highest BCUT2D eigenvalue weighted by Crippen LogP contribution is 2.34. The molecule has 0 radical (unpaired) electrons. The number of hydrogen-bond donors (Lipinski definition) is 1. The van der Waals surface area contributed by atoms with Crippen LogP contribution < -0.4 is 14.8 Å². The number of nitrogens with zero attached hydrogens (tertiary/aromatic N) is 1. The quantitative estimate of drug-likeness (QED) is 0.464. The standard InChI is InChI=1S/C24H28N2O5/c1-5-31-18-10-8-17(9-11-18)21-22(24(28)26(23(21)27)13-6-14-29-3)25-19-15-16(2)7-12-20(19)30-4/h7-12,15,25H,5-6,13-14H2,1-4H3. The second-order valence-corrected chi connectivity index (χ2v) is 7.14. The van der Waals surface area contributed by atoms with Crippen LogP contribution in [0, 0.1) is 6.92 Å². The Balaban J connectivity index is 2.02. The van der Waals surface area contributed by atoms with Gasteiger partial charge in [-0.2, -0.15) is 0 Å². The highest BCUT2D eigenvalue weighted by atomic mass is 16.5. The number of carbonyl (C=O) groups is 2. The number of carbonyl (C=O) groups excluding carboxylic acids is 2. The maximum absolute atomic E-state index is 13.2. The molecular formula is C24H28N2O5. The Hall–Kier alpha value is -3.32. The number of aryl methyl sites for hydroxylation is 1. The minimum absolute atomic E-state index is 0.232. The first-order valence-electron chi connectivity index (χ1n) is 10.2. The molecule has 164 valence electrons. The normalized spacial score (nSPS) is 13.7. The van der Waals surface area contributed by atoms with Crippen LogP contribution in [0.25, 0.3) is 5.57 Å². The third-order valence-corrected chi connectivity index (χ3v) is 4.97. The molecule has 3 rings (SSSR count). The molecule has 2 amide bonds. The number of benzene rings is 2. The minimum atomic E-state index is -0.367. The summed E-state index contributed by atoms with van der Waals surface area (Å²) in [7, 11) is 3.16. The largest absolute Gasteiger partial charge is 0.495 e. The lowest BCUT2D eigenvalue weighted by atomic mass is 10.0. The van der Waals surface area contributed by atoms with Gasteiger partial charge in [-0.1, -0.05) is 18.2 Å². The molecule has 0 saturated heterocycles. The van der Waals surface area contributed by atoms with Crippen molar-refractivity contribution in [2.75, 3.05) is 39.3 Å². The number of ether oxygens (including phenoxy) is 3. The monoisotopic (exact) mass is 424 g/mol. The lowest BCUT2D eigenvalue weighted by Gasteiger charge is -2.15. The van der Waals surface area contributed by atoms with Crippen molar-refractivity contribution in [2.24, 2.45) is 0 Å². The summed E-state index contributed by atoms with van der Waals surface area (Å²) in [6, 6.07) is 12.8. The highest BCUT2D eigenvalue weighted by Gasteiger charge is 2.39. The lowest BCUT2D eigenvalue weighted by molar-refractivity contribution is -0.136. The lowest BCUT2D eigenvalue weighted by Crippen LogP contribution is -2.33. The number of methoxy groups -OCH3 is 2. The molecule has 1 N–H and O–H groups in total. The Bertz CT molecular complexity index is 982. The van der Waals surface area contributed by atoms with Crippen LogP contribution in [0.5, 0.6) is 11.5 Å². The van der Waals surface area contributed by atoms with E-state index in [1.807, 2.05) is 32.0 Å². The van der Waals surface area contributed by atoms with Crippen LogP contribution in [0.2, 0.25) is 0 Å². The summed E-state index contributed by atoms with van der Waals surface area (Å²) < 4.78 is 16.0. The van der Waals surface area contributed by atoms with Gasteiger partial charge in [0.05, 0.1) is 25.0 Å². The van der Waals surface area contributed by atoms with Gasteiger partial charge in [0, 0.05) is 20.3 Å². The van der Waals surface area contributed by atoms with Gasteiger partial charge in [-0.05, 0) is 55.7 Å². The molecule has 7 nitrogen and oxygen atoms in total. The fourth-order valence-corrected chi connectivity index (χ4v) is 3.47. The van der Waals surface area contributed by atoms with Crippen molar-refractivity contribution < 1.29 is 23.8 Å². The molecule has 1 heterocycles. The second kappa shape index (κ2) is 10.1. The van der Waals surface area contributed by atoms with Gasteiger partial charge in [0.15, 0.2) is 0 Å². The molecule has 0 aliphatic carbocycles. The molecule has 0 bridgehead atoms. The topological polar surface area (TPSA) is 77.1 Å². The summed E-state index contributed by atoms with van der Waals surface area (Å²) in [5.74, 6) is 0.589. The van der Waals surface area contributed by atoms with E-state index in [0.29, 0.717) is 48.0 Å². The summed E-state index contributed by atoms with van der Waals surface area (Å²) in [5.41, 5.74) is 2.83. The zero-order chi connectivity index (χ0) is 22.4. The van der Waals surface area contributed by atoms with Crippen LogP contribution >= 0.6 is 0 Å². The van der Waals surface area contributed by atoms with Gasteiger partial charge < -0.3 is 19.5 Å². The molecule has 0 unspecified atom stereocenters. The van der Waals surface area contributed by atoms with E-state index < -0.39 is 0 Å². The molecule has 0 saturated carbocycles. The maximum atomic E-state index is 13.2. The predicted molar refractivity (Wildman–Crippen MR) is 119 cm³/mol. The average molecular weight is 424 g/mol. The van der Waals surface area contributed by atoms with Gasteiger partial charge >= 0.3 is 0 Å². The Morgan fingerprint density at radius 3 is 2.39 bits per heavy atom. The van der Waals surface area contributed by atoms with E-state index in [9.17, 15) is 9.59 Å². The van der Waals surface area contributed by atoms with Crippen LogP contribution in [-0.4, -0.2) is 50.7 Å². The SMILES string of the molecule is CCOc1ccc(C2=C(Nc3cc(C)ccc3OC)C(=O)N(CCCOC)C2=O)cc1.